The fourth-order valence-corrected chi connectivity index (χ4v) is 3.07. The first-order valence-electron chi connectivity index (χ1n) is 7.25. The van der Waals surface area contributed by atoms with Gasteiger partial charge in [0.05, 0.1) is 17.3 Å². The molecule has 1 aliphatic heterocycles. The third kappa shape index (κ3) is 2.57. The quantitative estimate of drug-likeness (QED) is 0.660. The molecule has 2 heterocycles. The SMILES string of the molecule is Cn1nc(C(CC2CCOCC2)NN)c2ccccc21. The average Bonchev–Trinajstić information content (AvgIpc) is 2.84. The molecule has 0 aliphatic carbocycles. The number of nitrogens with two attached hydrogens (primary N) is 1. The van der Waals surface area contributed by atoms with Crippen LogP contribution in [0.25, 0.3) is 10.9 Å². The largest absolute Gasteiger partial charge is 0.381 e. The highest BCUT2D eigenvalue weighted by Crippen LogP contribution is 2.30. The highest BCUT2D eigenvalue weighted by atomic mass is 16.5. The first-order valence-corrected chi connectivity index (χ1v) is 7.25. The van der Waals surface area contributed by atoms with Crippen molar-refractivity contribution in [3.05, 3.63) is 30.0 Å². The fourth-order valence-electron chi connectivity index (χ4n) is 3.07. The summed E-state index contributed by atoms with van der Waals surface area (Å²) >= 11 is 0. The predicted molar refractivity (Wildman–Crippen MR) is 78.9 cm³/mol. The highest BCUT2D eigenvalue weighted by Gasteiger charge is 2.23. The zero-order chi connectivity index (χ0) is 13.9. The van der Waals surface area contributed by atoms with Crippen molar-refractivity contribution in [3.63, 3.8) is 0 Å². The van der Waals surface area contributed by atoms with Gasteiger partial charge >= 0.3 is 0 Å². The van der Waals surface area contributed by atoms with Crippen LogP contribution in [0.1, 0.15) is 31.0 Å². The van der Waals surface area contributed by atoms with Crippen molar-refractivity contribution in [1.29, 1.82) is 0 Å². The highest BCUT2D eigenvalue weighted by molar-refractivity contribution is 5.82. The molecule has 1 unspecified atom stereocenters. The summed E-state index contributed by atoms with van der Waals surface area (Å²) in [4.78, 5) is 0. The van der Waals surface area contributed by atoms with Gasteiger partial charge in [-0.3, -0.25) is 16.0 Å². The van der Waals surface area contributed by atoms with Crippen molar-refractivity contribution in [3.8, 4) is 0 Å². The minimum Gasteiger partial charge on any atom is -0.381 e. The number of hydrogen-bond acceptors (Lipinski definition) is 4. The summed E-state index contributed by atoms with van der Waals surface area (Å²) in [6, 6.07) is 8.40. The summed E-state index contributed by atoms with van der Waals surface area (Å²) in [5, 5.41) is 5.85. The van der Waals surface area contributed by atoms with Crippen LogP contribution in [0.2, 0.25) is 0 Å². The minimum absolute atomic E-state index is 0.101. The van der Waals surface area contributed by atoms with E-state index in [1.165, 1.54) is 5.39 Å². The number of nitrogens with zero attached hydrogens (tertiary/aromatic N) is 2. The Morgan fingerprint density at radius 1 is 1.40 bits per heavy atom. The molecule has 3 N–H and O–H groups in total. The summed E-state index contributed by atoms with van der Waals surface area (Å²) in [5.41, 5.74) is 5.16. The van der Waals surface area contributed by atoms with Gasteiger partial charge in [0, 0.05) is 25.6 Å². The summed E-state index contributed by atoms with van der Waals surface area (Å²) in [6.45, 7) is 1.73. The Morgan fingerprint density at radius 2 is 2.15 bits per heavy atom. The number of nitrogens with one attached hydrogen (secondary N) is 1. The molecule has 108 valence electrons. The summed E-state index contributed by atoms with van der Waals surface area (Å²) in [5.74, 6) is 6.45. The second-order valence-electron chi connectivity index (χ2n) is 5.54. The Labute approximate surface area is 119 Å². The number of hydrazine groups is 1. The maximum absolute atomic E-state index is 5.79. The normalized spacial score (nSPS) is 18.5. The number of ether oxygens (including phenoxy) is 1. The second kappa shape index (κ2) is 5.91. The Bertz CT molecular complexity index is 574. The molecule has 1 atom stereocenters. The van der Waals surface area contributed by atoms with Gasteiger partial charge in [-0.05, 0) is 31.2 Å². The van der Waals surface area contributed by atoms with Crippen molar-refractivity contribution in [2.45, 2.75) is 25.3 Å². The number of aromatic nitrogens is 2. The first-order chi connectivity index (χ1) is 9.79. The van der Waals surface area contributed by atoms with Gasteiger partial charge in [-0.25, -0.2) is 0 Å². The van der Waals surface area contributed by atoms with Crippen LogP contribution in [0.5, 0.6) is 0 Å². The van der Waals surface area contributed by atoms with Gasteiger partial charge in [0.15, 0.2) is 0 Å². The molecule has 2 aromatic rings. The number of fused-ring (bicyclic) bond motifs is 1. The maximum Gasteiger partial charge on any atom is 0.0886 e. The van der Waals surface area contributed by atoms with E-state index >= 15 is 0 Å². The second-order valence-corrected chi connectivity index (χ2v) is 5.54. The Hall–Kier alpha value is -1.43. The molecule has 0 bridgehead atoms. The third-order valence-corrected chi connectivity index (χ3v) is 4.23. The monoisotopic (exact) mass is 274 g/mol. The van der Waals surface area contributed by atoms with Gasteiger partial charge in [-0.2, -0.15) is 5.10 Å². The molecule has 0 amide bonds. The smallest absolute Gasteiger partial charge is 0.0886 e. The standard InChI is InChI=1S/C15H22N4O/c1-19-14-5-3-2-4-12(14)15(18-19)13(17-16)10-11-6-8-20-9-7-11/h2-5,11,13,17H,6-10,16H2,1H3. The van der Waals surface area contributed by atoms with Gasteiger partial charge in [0.1, 0.15) is 0 Å². The molecule has 0 spiro atoms. The average molecular weight is 274 g/mol. The molecule has 0 radical (unpaired) electrons. The molecule has 1 saturated heterocycles. The number of aryl methyl sites for hydroxylation is 1. The van der Waals surface area contributed by atoms with Crippen molar-refractivity contribution in [1.82, 2.24) is 15.2 Å². The van der Waals surface area contributed by atoms with E-state index in [1.54, 1.807) is 0 Å². The molecule has 5 nitrogen and oxygen atoms in total. The van der Waals surface area contributed by atoms with Crippen LogP contribution in [-0.2, 0) is 11.8 Å². The predicted octanol–water partition coefficient (Wildman–Crippen LogP) is 1.89. The van der Waals surface area contributed by atoms with Crippen LogP contribution >= 0.6 is 0 Å². The number of benzene rings is 1. The minimum atomic E-state index is 0.101. The van der Waals surface area contributed by atoms with Gasteiger partial charge in [-0.1, -0.05) is 18.2 Å². The molecule has 1 aromatic heterocycles. The molecule has 5 heteroatoms. The lowest BCUT2D eigenvalue weighted by Crippen LogP contribution is -2.31. The fraction of sp³-hybridized carbons (Fsp3) is 0.533. The Balaban J connectivity index is 1.87. The van der Waals surface area contributed by atoms with E-state index < -0.39 is 0 Å². The van der Waals surface area contributed by atoms with Crippen molar-refractivity contribution >= 4 is 10.9 Å². The molecule has 1 aliphatic rings. The van der Waals surface area contributed by atoms with Crippen molar-refractivity contribution in [2.75, 3.05) is 13.2 Å². The van der Waals surface area contributed by atoms with E-state index in [9.17, 15) is 0 Å². The number of rotatable bonds is 4. The molecular formula is C15H22N4O. The zero-order valence-electron chi connectivity index (χ0n) is 11.9. The van der Waals surface area contributed by atoms with Crippen molar-refractivity contribution in [2.24, 2.45) is 18.8 Å². The van der Waals surface area contributed by atoms with Crippen LogP contribution < -0.4 is 11.3 Å². The van der Waals surface area contributed by atoms with Gasteiger partial charge in [0.25, 0.3) is 0 Å². The van der Waals surface area contributed by atoms with Gasteiger partial charge < -0.3 is 4.74 Å². The number of para-hydroxylation sites is 1. The van der Waals surface area contributed by atoms with E-state index in [0.29, 0.717) is 5.92 Å². The van der Waals surface area contributed by atoms with E-state index in [4.69, 9.17) is 10.6 Å². The van der Waals surface area contributed by atoms with Crippen molar-refractivity contribution < 1.29 is 4.74 Å². The first kappa shape index (κ1) is 13.5. The van der Waals surface area contributed by atoms with E-state index in [1.807, 2.05) is 17.8 Å². The summed E-state index contributed by atoms with van der Waals surface area (Å²) in [7, 11) is 1.98. The van der Waals surface area contributed by atoms with E-state index in [0.717, 1.165) is 43.7 Å². The lowest BCUT2D eigenvalue weighted by molar-refractivity contribution is 0.0604. The third-order valence-electron chi connectivity index (χ3n) is 4.23. The lowest BCUT2D eigenvalue weighted by Gasteiger charge is -2.25. The molecule has 1 fully saturated rings. The lowest BCUT2D eigenvalue weighted by atomic mass is 9.91. The van der Waals surface area contributed by atoms with Crippen LogP contribution in [0.15, 0.2) is 24.3 Å². The maximum atomic E-state index is 5.79. The molecule has 0 saturated carbocycles. The summed E-state index contributed by atoms with van der Waals surface area (Å²) < 4.78 is 7.35. The van der Waals surface area contributed by atoms with Crippen LogP contribution in [0, 0.1) is 5.92 Å². The summed E-state index contributed by atoms with van der Waals surface area (Å²) in [6.07, 6.45) is 3.24. The van der Waals surface area contributed by atoms with Crippen LogP contribution in [-0.4, -0.2) is 23.0 Å². The molecular weight excluding hydrogens is 252 g/mol. The Morgan fingerprint density at radius 3 is 2.90 bits per heavy atom. The zero-order valence-corrected chi connectivity index (χ0v) is 11.9. The Kier molecular flexibility index (Phi) is 4.00. The van der Waals surface area contributed by atoms with Crippen LogP contribution in [0.3, 0.4) is 0 Å². The van der Waals surface area contributed by atoms with Gasteiger partial charge in [0.2, 0.25) is 0 Å². The topological polar surface area (TPSA) is 65.1 Å². The molecule has 20 heavy (non-hydrogen) atoms. The van der Waals surface area contributed by atoms with Crippen LogP contribution in [0.4, 0.5) is 0 Å². The van der Waals surface area contributed by atoms with E-state index in [2.05, 4.69) is 28.7 Å². The van der Waals surface area contributed by atoms with E-state index in [-0.39, 0.29) is 6.04 Å². The van der Waals surface area contributed by atoms with Gasteiger partial charge in [-0.15, -0.1) is 0 Å². The molecule has 3 rings (SSSR count). The molecule has 1 aromatic carbocycles. The number of hydrogen-bond donors (Lipinski definition) is 2.